The average Bonchev–Trinajstić information content (AvgIpc) is 2.57. The number of aliphatic hydroxyl groups excluding tert-OH is 1. The Labute approximate surface area is 152 Å². The number of ether oxygens (including phenoxy) is 1. The van der Waals surface area contributed by atoms with Gasteiger partial charge >= 0.3 is 152 Å². The van der Waals surface area contributed by atoms with Crippen LogP contribution in [0.3, 0.4) is 0 Å². The van der Waals surface area contributed by atoms with E-state index in [-0.39, 0.29) is 6.61 Å². The Bertz CT molecular complexity index is 680. The molecule has 0 saturated heterocycles. The molecule has 0 aromatic heterocycles. The number of rotatable bonds is 4. The third kappa shape index (κ3) is 3.91. The van der Waals surface area contributed by atoms with E-state index in [0.29, 0.717) is 0 Å². The summed E-state index contributed by atoms with van der Waals surface area (Å²) in [6, 6.07) is 0. The van der Waals surface area contributed by atoms with Crippen LogP contribution in [0, 0.1) is 0 Å². The fourth-order valence-corrected chi connectivity index (χ4v) is 9.41. The summed E-state index contributed by atoms with van der Waals surface area (Å²) in [4.78, 5) is 4.77. The van der Waals surface area contributed by atoms with Crippen molar-refractivity contribution in [3.05, 3.63) is 54.4 Å². The molecule has 3 aliphatic rings. The molecule has 2 aliphatic carbocycles. The summed E-state index contributed by atoms with van der Waals surface area (Å²) in [5.41, 5.74) is 3.53. The van der Waals surface area contributed by atoms with Gasteiger partial charge in [0, 0.05) is 0 Å². The van der Waals surface area contributed by atoms with Crippen molar-refractivity contribution in [1.82, 2.24) is 0 Å². The van der Waals surface area contributed by atoms with Gasteiger partial charge in [-0.05, 0) is 0 Å². The van der Waals surface area contributed by atoms with Crippen molar-refractivity contribution in [2.75, 3.05) is 17.8 Å². The second kappa shape index (κ2) is 8.30. The van der Waals surface area contributed by atoms with Crippen LogP contribution in [0.25, 0.3) is 0 Å². The molecule has 1 aliphatic heterocycles. The predicted octanol–water partition coefficient (Wildman–Crippen LogP) is 5.05. The molecular weight excluding hydrogens is 413 g/mol. The number of hydrogen-bond donors (Lipinski definition) is 1. The van der Waals surface area contributed by atoms with Crippen molar-refractivity contribution in [3.63, 3.8) is 0 Å². The second-order valence-electron chi connectivity index (χ2n) is 6.08. The maximum absolute atomic E-state index is 9.69. The normalized spacial score (nSPS) is 28.4. The fraction of sp³-hybridized carbons (Fsp3) is 0.450. The van der Waals surface area contributed by atoms with Crippen LogP contribution < -0.4 is 0 Å². The molecule has 0 aromatic rings. The van der Waals surface area contributed by atoms with Gasteiger partial charge in [0.25, 0.3) is 0 Å². The molecule has 0 fully saturated rings. The second-order valence-corrected chi connectivity index (χ2v) is 11.4. The number of halogens is 1. The van der Waals surface area contributed by atoms with E-state index < -0.39 is 19.8 Å². The van der Waals surface area contributed by atoms with Crippen molar-refractivity contribution < 1.29 is 9.84 Å². The van der Waals surface area contributed by atoms with E-state index in [1.54, 1.807) is 3.58 Å². The van der Waals surface area contributed by atoms with E-state index >= 15 is 0 Å². The molecule has 0 saturated carbocycles. The molecule has 3 rings (SSSR count). The van der Waals surface area contributed by atoms with E-state index in [4.69, 9.17) is 9.73 Å². The van der Waals surface area contributed by atoms with Crippen LogP contribution in [-0.2, 0) is 4.74 Å². The van der Waals surface area contributed by atoms with Crippen LogP contribution >= 0.6 is 19.8 Å². The number of alkyl halides is 1. The van der Waals surface area contributed by atoms with Crippen LogP contribution in [0.4, 0.5) is 0 Å². The SMILES string of the molecule is CCOC1=CC2=C(CC1)C(CO)=NCI2/C1=C/C(C)=C\C=C/CC1. The molecule has 24 heavy (non-hydrogen) atoms. The number of aliphatic hydroxyl groups is 1. The minimum absolute atomic E-state index is 0.0569. The van der Waals surface area contributed by atoms with Crippen molar-refractivity contribution in [3.8, 4) is 0 Å². The van der Waals surface area contributed by atoms with Gasteiger partial charge in [-0.2, -0.15) is 0 Å². The zero-order chi connectivity index (χ0) is 16.9. The Morgan fingerprint density at radius 2 is 2.12 bits per heavy atom. The first-order chi connectivity index (χ1) is 11.7. The summed E-state index contributed by atoms with van der Waals surface area (Å²) in [5.74, 6) is 1.11. The van der Waals surface area contributed by atoms with Gasteiger partial charge in [-0.1, -0.05) is 0 Å². The van der Waals surface area contributed by atoms with Gasteiger partial charge in [0.2, 0.25) is 0 Å². The average molecular weight is 439 g/mol. The standard InChI is InChI=1S/C20H26INO2/c1-3-24-17-9-10-18-19(12-17)21(14-22-20(18)13-23)16-8-6-4-5-7-15(2)11-16/h4-5,7,11-12,23H,3,6,8-10,13-14H2,1-2H3/b5-4-,15-7-,16-11+. The number of nitrogens with zero attached hydrogens (tertiary/aromatic N) is 1. The van der Waals surface area contributed by atoms with Crippen LogP contribution in [0.15, 0.2) is 59.4 Å². The summed E-state index contributed by atoms with van der Waals surface area (Å²) >= 11 is -1.55. The number of aliphatic imine (C=N–C) groups is 1. The van der Waals surface area contributed by atoms with Gasteiger partial charge < -0.3 is 0 Å². The molecule has 0 amide bonds. The third-order valence-corrected chi connectivity index (χ3v) is 10.3. The van der Waals surface area contributed by atoms with Gasteiger partial charge in [-0.15, -0.1) is 0 Å². The summed E-state index contributed by atoms with van der Waals surface area (Å²) in [6.07, 6.45) is 15.4. The maximum atomic E-state index is 9.69. The number of allylic oxidation sites excluding steroid dienone is 9. The van der Waals surface area contributed by atoms with Crippen LogP contribution in [0.5, 0.6) is 0 Å². The van der Waals surface area contributed by atoms with E-state index in [1.165, 1.54) is 14.7 Å². The molecule has 0 unspecified atom stereocenters. The van der Waals surface area contributed by atoms with Crippen LogP contribution in [-0.4, -0.2) is 28.6 Å². The van der Waals surface area contributed by atoms with E-state index in [2.05, 4.69) is 37.3 Å². The van der Waals surface area contributed by atoms with E-state index in [9.17, 15) is 5.11 Å². The summed E-state index contributed by atoms with van der Waals surface area (Å²) in [5, 5.41) is 9.69. The van der Waals surface area contributed by atoms with Crippen molar-refractivity contribution in [1.29, 1.82) is 0 Å². The summed E-state index contributed by atoms with van der Waals surface area (Å²) < 4.78 is 9.76. The zero-order valence-electron chi connectivity index (χ0n) is 14.5. The molecule has 4 heteroatoms. The molecule has 0 spiro atoms. The van der Waals surface area contributed by atoms with E-state index in [1.807, 2.05) is 6.92 Å². The van der Waals surface area contributed by atoms with Gasteiger partial charge in [0.1, 0.15) is 0 Å². The molecular formula is C20H26INO2. The first-order valence-corrected chi connectivity index (χ1v) is 12.3. The predicted molar refractivity (Wildman–Crippen MR) is 110 cm³/mol. The summed E-state index contributed by atoms with van der Waals surface area (Å²) in [7, 11) is 0. The molecule has 0 radical (unpaired) electrons. The molecule has 3 nitrogen and oxygen atoms in total. The topological polar surface area (TPSA) is 41.8 Å². The van der Waals surface area contributed by atoms with Gasteiger partial charge in [0.05, 0.1) is 0 Å². The first-order valence-electron chi connectivity index (χ1n) is 8.63. The monoisotopic (exact) mass is 439 g/mol. The summed E-state index contributed by atoms with van der Waals surface area (Å²) in [6.45, 7) is 5.00. The minimum atomic E-state index is -1.55. The molecule has 0 aromatic carbocycles. The van der Waals surface area contributed by atoms with Crippen LogP contribution in [0.1, 0.15) is 39.5 Å². The molecule has 1 N–H and O–H groups in total. The molecule has 0 bridgehead atoms. The van der Waals surface area contributed by atoms with Crippen LogP contribution in [0.2, 0.25) is 0 Å². The Morgan fingerprint density at radius 3 is 2.92 bits per heavy atom. The van der Waals surface area contributed by atoms with Gasteiger partial charge in [0.15, 0.2) is 0 Å². The van der Waals surface area contributed by atoms with Gasteiger partial charge in [-0.3, -0.25) is 0 Å². The quantitative estimate of drug-likeness (QED) is 0.379. The van der Waals surface area contributed by atoms with E-state index in [0.717, 1.165) is 48.3 Å². The zero-order valence-corrected chi connectivity index (χ0v) is 16.7. The van der Waals surface area contributed by atoms with Crippen molar-refractivity contribution in [2.24, 2.45) is 4.99 Å². The first kappa shape index (κ1) is 17.7. The van der Waals surface area contributed by atoms with Gasteiger partial charge in [-0.25, -0.2) is 0 Å². The molecule has 0 atom stereocenters. The molecule has 130 valence electrons. The van der Waals surface area contributed by atoms with Crippen molar-refractivity contribution >= 4 is 25.5 Å². The Morgan fingerprint density at radius 1 is 1.25 bits per heavy atom. The van der Waals surface area contributed by atoms with Crippen molar-refractivity contribution in [2.45, 2.75) is 39.5 Å². The Kier molecular flexibility index (Phi) is 6.11. The Hall–Kier alpha value is -1.14. The number of hydrogen-bond acceptors (Lipinski definition) is 3. The Balaban J connectivity index is 1.98. The third-order valence-electron chi connectivity index (χ3n) is 4.36. The molecule has 1 heterocycles. The fourth-order valence-electron chi connectivity index (χ4n) is 3.18.